The van der Waals surface area contributed by atoms with Gasteiger partial charge in [0.15, 0.2) is 23.0 Å². The number of esters is 4. The molecule has 0 saturated carbocycles. The number of nitrogens with one attached hydrogen (secondary N) is 1. The smallest absolute Gasteiger partial charge is 0.475 e. The van der Waals surface area contributed by atoms with Gasteiger partial charge < -0.3 is 39.8 Å². The number of carboxylic acids is 1. The average Bonchev–Trinajstić information content (AvgIpc) is 3.34. The Morgan fingerprint density at radius 2 is 0.817 bits per heavy atom. The Morgan fingerprint density at radius 3 is 1.10 bits per heavy atom. The van der Waals surface area contributed by atoms with Gasteiger partial charge >= 0.3 is 42.1 Å². The molecule has 0 heterocycles. The van der Waals surface area contributed by atoms with Crippen LogP contribution in [0.25, 0.3) is 0 Å². The highest BCUT2D eigenvalue weighted by Crippen LogP contribution is 2.32. The number of aliphatic carboxylic acids is 1. The normalized spacial score (nSPS) is 10.4. The maximum atomic E-state index is 12.6. The molecule has 0 fully saturated rings. The van der Waals surface area contributed by atoms with Crippen LogP contribution in [0.15, 0.2) is 158 Å². The van der Waals surface area contributed by atoms with Crippen LogP contribution in [-0.4, -0.2) is 71.3 Å². The summed E-state index contributed by atoms with van der Waals surface area (Å²) in [6, 6.07) is 44.3. The van der Waals surface area contributed by atoms with Crippen LogP contribution >= 0.6 is 23.2 Å². The van der Waals surface area contributed by atoms with E-state index in [1.54, 1.807) is 166 Å². The van der Waals surface area contributed by atoms with Gasteiger partial charge in [0.2, 0.25) is 0 Å². The number of hydrogen-bond donors (Lipinski definition) is 3. The molecule has 71 heavy (non-hydrogen) atoms. The number of carbonyl (C=O) groups excluding carboxylic acids is 5. The molecule has 14 nitrogen and oxygen atoms in total. The van der Waals surface area contributed by atoms with E-state index < -0.39 is 47.7 Å². The van der Waals surface area contributed by atoms with E-state index in [2.05, 4.69) is 5.32 Å². The second kappa shape index (κ2) is 29.3. The van der Waals surface area contributed by atoms with E-state index in [0.29, 0.717) is 48.2 Å². The summed E-state index contributed by atoms with van der Waals surface area (Å²) in [5.41, 5.74) is 8.21. The molecule has 0 aliphatic heterocycles. The third-order valence-corrected chi connectivity index (χ3v) is 8.62. The molecule has 0 spiro atoms. The van der Waals surface area contributed by atoms with Gasteiger partial charge in [0.25, 0.3) is 0 Å². The van der Waals surface area contributed by atoms with Gasteiger partial charge in [-0.2, -0.15) is 13.2 Å². The molecule has 0 bridgehead atoms. The molecule has 0 aliphatic carbocycles. The fourth-order valence-corrected chi connectivity index (χ4v) is 5.47. The van der Waals surface area contributed by atoms with Crippen LogP contribution in [0, 0.1) is 0 Å². The number of nitrogens with two attached hydrogens (primary N) is 1. The molecule has 4 N–H and O–H groups in total. The van der Waals surface area contributed by atoms with Gasteiger partial charge in [-0.05, 0) is 124 Å². The van der Waals surface area contributed by atoms with Gasteiger partial charge in [-0.3, -0.25) is 0 Å². The lowest BCUT2D eigenvalue weighted by Gasteiger charge is -2.19. The maximum Gasteiger partial charge on any atom is 0.490 e. The number of carboxylic acid groups (broad SMARTS) is 1. The molecule has 374 valence electrons. The highest BCUT2D eigenvalue weighted by Gasteiger charge is 2.38. The first kappa shape index (κ1) is 57.6. The quantitative estimate of drug-likeness (QED) is 0.0560. The average molecular weight is 1020 g/mol. The van der Waals surface area contributed by atoms with E-state index in [0.717, 1.165) is 11.1 Å². The van der Waals surface area contributed by atoms with E-state index in [1.165, 1.54) is 0 Å². The molecular weight excluding hydrogens is 972 g/mol. The van der Waals surface area contributed by atoms with Crippen LogP contribution in [-0.2, 0) is 22.4 Å². The fourth-order valence-electron chi connectivity index (χ4n) is 5.47. The van der Waals surface area contributed by atoms with Gasteiger partial charge in [-0.1, -0.05) is 84.9 Å². The Balaban J connectivity index is 0.000000320. The zero-order chi connectivity index (χ0) is 52.4. The number of ether oxygens (including phenoxy) is 5. The molecule has 1 amide bonds. The van der Waals surface area contributed by atoms with E-state index in [4.69, 9.17) is 62.5 Å². The maximum absolute atomic E-state index is 12.6. The van der Waals surface area contributed by atoms with Crippen molar-refractivity contribution in [1.29, 1.82) is 0 Å². The SMILES string of the molecule is CC(C)(C)OC(=O)NCCc1ccc(OC(=O)c2ccccc2)c(OC(=O)c2ccccc2)c1.ClCCl.NCCc1ccc(OC(=O)c2ccccc2)c(OC(=O)c2ccccc2)c1.O=C(O)C(F)(F)F. The summed E-state index contributed by atoms with van der Waals surface area (Å²) in [7, 11) is 0. The fraction of sp³-hybridized carbons (Fsp3) is 0.192. The Hall–Kier alpha value is -7.73. The molecule has 0 aromatic heterocycles. The van der Waals surface area contributed by atoms with Gasteiger partial charge in [0, 0.05) is 6.54 Å². The standard InChI is InChI=1S/C27H27NO6.C22H19NO4.C2HF3O2.CH2Cl2/c1-27(2,3)34-26(31)28-17-16-19-14-15-22(32-24(29)20-10-6-4-7-11-20)23(18-19)33-25(30)21-12-8-5-9-13-21;23-14-13-16-11-12-19(26-21(24)17-7-3-1-4-8-17)20(15-16)27-22(25)18-9-5-2-6-10-18;3-2(4,5)1(6)7;2-1-3/h4-15,18H,16-17H2,1-3H3,(H,28,31);1-12,15H,13-14,23H2;(H,6,7);1H2. The summed E-state index contributed by atoms with van der Waals surface area (Å²) < 4.78 is 59.0. The zero-order valence-electron chi connectivity index (χ0n) is 38.5. The lowest BCUT2D eigenvalue weighted by molar-refractivity contribution is -0.192. The number of amides is 1. The number of hydrogen-bond acceptors (Lipinski definition) is 12. The van der Waals surface area contributed by atoms with Gasteiger partial charge in [-0.15, -0.1) is 23.2 Å². The Bertz CT molecular complexity index is 2650. The number of alkyl carbamates (subject to hydrolysis) is 1. The second-order valence-corrected chi connectivity index (χ2v) is 16.0. The van der Waals surface area contributed by atoms with E-state index >= 15 is 0 Å². The van der Waals surface area contributed by atoms with Crippen molar-refractivity contribution in [2.45, 2.75) is 45.4 Å². The topological polar surface area (TPSA) is 207 Å². The van der Waals surface area contributed by atoms with Crippen molar-refractivity contribution in [2.24, 2.45) is 5.73 Å². The highest BCUT2D eigenvalue weighted by atomic mass is 35.5. The van der Waals surface area contributed by atoms with Crippen LogP contribution in [0.3, 0.4) is 0 Å². The van der Waals surface area contributed by atoms with Gasteiger partial charge in [-0.25, -0.2) is 28.8 Å². The molecule has 0 aliphatic rings. The summed E-state index contributed by atoms with van der Waals surface area (Å²) >= 11 is 9.53. The Kier molecular flexibility index (Phi) is 23.8. The molecule has 19 heteroatoms. The Morgan fingerprint density at radius 1 is 0.521 bits per heavy atom. The summed E-state index contributed by atoms with van der Waals surface area (Å²) in [5.74, 6) is -4.40. The highest BCUT2D eigenvalue weighted by molar-refractivity contribution is 6.40. The first-order valence-corrected chi connectivity index (χ1v) is 22.2. The Labute approximate surface area is 417 Å². The third-order valence-electron chi connectivity index (χ3n) is 8.62. The van der Waals surface area contributed by atoms with Crippen LogP contribution in [0.2, 0.25) is 0 Å². The number of halogens is 5. The zero-order valence-corrected chi connectivity index (χ0v) is 40.0. The predicted octanol–water partition coefficient (Wildman–Crippen LogP) is 10.9. The van der Waals surface area contributed by atoms with E-state index in [-0.39, 0.29) is 28.3 Å². The minimum absolute atomic E-state index is 0.105. The molecule has 0 radical (unpaired) electrons. The van der Waals surface area contributed by atoms with Crippen LogP contribution in [0.5, 0.6) is 23.0 Å². The molecule has 0 atom stereocenters. The first-order chi connectivity index (χ1) is 33.7. The van der Waals surface area contributed by atoms with Crippen molar-refractivity contribution in [3.05, 3.63) is 191 Å². The molecule has 6 aromatic carbocycles. The number of carbonyl (C=O) groups is 6. The third kappa shape index (κ3) is 21.6. The van der Waals surface area contributed by atoms with Crippen molar-refractivity contribution in [3.63, 3.8) is 0 Å². The molecular formula is C52H49Cl2F3N2O12. The largest absolute Gasteiger partial charge is 0.490 e. The van der Waals surface area contributed by atoms with Gasteiger partial charge in [0.05, 0.1) is 27.6 Å². The lowest BCUT2D eigenvalue weighted by atomic mass is 10.1. The number of rotatable bonds is 13. The molecule has 6 aromatic rings. The molecule has 0 unspecified atom stereocenters. The van der Waals surface area contributed by atoms with Crippen LogP contribution < -0.4 is 30.0 Å². The molecule has 0 saturated heterocycles. The second-order valence-electron chi connectivity index (χ2n) is 15.2. The lowest BCUT2D eigenvalue weighted by Crippen LogP contribution is -2.33. The van der Waals surface area contributed by atoms with E-state index in [1.807, 2.05) is 12.1 Å². The van der Waals surface area contributed by atoms with Gasteiger partial charge in [0.1, 0.15) is 5.60 Å². The minimum atomic E-state index is -5.08. The predicted molar refractivity (Wildman–Crippen MR) is 259 cm³/mol. The summed E-state index contributed by atoms with van der Waals surface area (Å²) in [4.78, 5) is 70.7. The molecule has 6 rings (SSSR count). The van der Waals surface area contributed by atoms with E-state index in [9.17, 15) is 37.1 Å². The summed E-state index contributed by atoms with van der Waals surface area (Å²) in [6.45, 7) is 6.12. The number of alkyl halides is 5. The van der Waals surface area contributed by atoms with Crippen molar-refractivity contribution in [1.82, 2.24) is 5.32 Å². The van der Waals surface area contributed by atoms with Crippen LogP contribution in [0.1, 0.15) is 73.3 Å². The van der Waals surface area contributed by atoms with Crippen molar-refractivity contribution in [3.8, 4) is 23.0 Å². The monoisotopic (exact) mass is 1020 g/mol. The van der Waals surface area contributed by atoms with Crippen LogP contribution in [0.4, 0.5) is 18.0 Å². The van der Waals surface area contributed by atoms with Crippen molar-refractivity contribution >= 4 is 59.1 Å². The summed E-state index contributed by atoms with van der Waals surface area (Å²) in [6.07, 6.45) is -4.54. The van der Waals surface area contributed by atoms with Crippen molar-refractivity contribution < 1.29 is 70.7 Å². The van der Waals surface area contributed by atoms with Crippen molar-refractivity contribution in [2.75, 3.05) is 18.4 Å². The number of benzene rings is 6. The first-order valence-electron chi connectivity index (χ1n) is 21.2. The summed E-state index contributed by atoms with van der Waals surface area (Å²) in [5, 5.41) is 10.0. The minimum Gasteiger partial charge on any atom is -0.475 e.